The van der Waals surface area contributed by atoms with Crippen molar-refractivity contribution in [3.63, 3.8) is 0 Å². The fourth-order valence-corrected chi connectivity index (χ4v) is 3.10. The Morgan fingerprint density at radius 1 is 1.00 bits per heavy atom. The average Bonchev–Trinajstić information content (AvgIpc) is 2.81. The predicted octanol–water partition coefficient (Wildman–Crippen LogP) is 5.83. The molecular formula is C24H16F2N4O3. The first-order valence-electron chi connectivity index (χ1n) is 9.64. The number of anilines is 2. The highest BCUT2D eigenvalue weighted by Gasteiger charge is 2.12. The number of carbonyl (C=O) groups excluding carboxylic acids is 1. The molecule has 0 spiro atoms. The lowest BCUT2D eigenvalue weighted by molar-refractivity contribution is 0.262. The maximum Gasteiger partial charge on any atom is 0.323 e. The molecule has 0 aliphatic carbocycles. The molecule has 0 unspecified atom stereocenters. The largest absolute Gasteiger partial charge is 0.495 e. The van der Waals surface area contributed by atoms with Gasteiger partial charge in [-0.2, -0.15) is 5.26 Å². The van der Waals surface area contributed by atoms with Gasteiger partial charge in [0.2, 0.25) is 0 Å². The third kappa shape index (κ3) is 4.80. The molecule has 7 nitrogen and oxygen atoms in total. The molecule has 1 heterocycles. The van der Waals surface area contributed by atoms with Crippen molar-refractivity contribution in [1.29, 1.82) is 5.26 Å². The molecule has 0 aliphatic heterocycles. The van der Waals surface area contributed by atoms with E-state index < -0.39 is 17.7 Å². The van der Waals surface area contributed by atoms with Gasteiger partial charge < -0.3 is 20.1 Å². The lowest BCUT2D eigenvalue weighted by atomic mass is 10.1. The number of urea groups is 1. The lowest BCUT2D eigenvalue weighted by Crippen LogP contribution is -2.20. The van der Waals surface area contributed by atoms with Gasteiger partial charge in [-0.15, -0.1) is 0 Å². The molecule has 0 atom stereocenters. The maximum atomic E-state index is 13.7. The second-order valence-corrected chi connectivity index (χ2v) is 6.82. The van der Waals surface area contributed by atoms with Crippen LogP contribution in [0.25, 0.3) is 10.9 Å². The van der Waals surface area contributed by atoms with Crippen LogP contribution in [0.1, 0.15) is 5.56 Å². The molecule has 0 radical (unpaired) electrons. The number of carbonyl (C=O) groups is 1. The first-order chi connectivity index (χ1) is 16.0. The van der Waals surface area contributed by atoms with Crippen LogP contribution in [0.3, 0.4) is 0 Å². The Morgan fingerprint density at radius 2 is 1.79 bits per heavy atom. The Kier molecular flexibility index (Phi) is 6.00. The molecule has 0 bridgehead atoms. The average molecular weight is 446 g/mol. The normalized spacial score (nSPS) is 10.4. The number of nitrogens with zero attached hydrogens (tertiary/aromatic N) is 2. The van der Waals surface area contributed by atoms with Gasteiger partial charge >= 0.3 is 6.03 Å². The van der Waals surface area contributed by atoms with Crippen LogP contribution in [0, 0.1) is 23.0 Å². The second-order valence-electron chi connectivity index (χ2n) is 6.82. The van der Waals surface area contributed by atoms with Crippen LogP contribution in [-0.4, -0.2) is 18.1 Å². The molecule has 1 aromatic heterocycles. The summed E-state index contributed by atoms with van der Waals surface area (Å²) in [7, 11) is 1.48. The number of benzene rings is 3. The number of nitriles is 1. The molecule has 4 aromatic rings. The second kappa shape index (κ2) is 9.20. The van der Waals surface area contributed by atoms with Gasteiger partial charge in [0.25, 0.3) is 0 Å². The molecule has 0 aliphatic rings. The number of ether oxygens (including phenoxy) is 2. The van der Waals surface area contributed by atoms with Crippen molar-refractivity contribution < 1.29 is 23.0 Å². The Balaban J connectivity index is 1.48. The molecule has 0 saturated heterocycles. The minimum Gasteiger partial charge on any atom is -0.495 e. The van der Waals surface area contributed by atoms with E-state index in [-0.39, 0.29) is 5.69 Å². The van der Waals surface area contributed by atoms with Crippen molar-refractivity contribution in [3.8, 4) is 23.3 Å². The summed E-state index contributed by atoms with van der Waals surface area (Å²) >= 11 is 0. The van der Waals surface area contributed by atoms with E-state index in [2.05, 4.69) is 21.7 Å². The van der Waals surface area contributed by atoms with Crippen LogP contribution in [0.15, 0.2) is 66.9 Å². The summed E-state index contributed by atoms with van der Waals surface area (Å²) in [6.07, 6.45) is 1.58. The van der Waals surface area contributed by atoms with Crippen molar-refractivity contribution in [2.75, 3.05) is 17.7 Å². The number of halogens is 2. The summed E-state index contributed by atoms with van der Waals surface area (Å²) in [5.74, 6) is -0.227. The van der Waals surface area contributed by atoms with Gasteiger partial charge in [-0.3, -0.25) is 4.98 Å². The zero-order valence-corrected chi connectivity index (χ0v) is 17.2. The van der Waals surface area contributed by atoms with E-state index >= 15 is 0 Å². The van der Waals surface area contributed by atoms with E-state index in [1.54, 1.807) is 48.7 Å². The van der Waals surface area contributed by atoms with E-state index in [4.69, 9.17) is 9.47 Å². The van der Waals surface area contributed by atoms with Gasteiger partial charge in [-0.25, -0.2) is 13.6 Å². The Morgan fingerprint density at radius 3 is 2.48 bits per heavy atom. The van der Waals surface area contributed by atoms with E-state index in [0.717, 1.165) is 12.1 Å². The molecule has 9 heteroatoms. The Hall–Kier alpha value is -4.71. The maximum absolute atomic E-state index is 13.7. The van der Waals surface area contributed by atoms with Crippen molar-refractivity contribution in [2.45, 2.75) is 0 Å². The van der Waals surface area contributed by atoms with Crippen LogP contribution in [0.5, 0.6) is 17.2 Å². The third-order valence-corrected chi connectivity index (χ3v) is 4.66. The highest BCUT2D eigenvalue weighted by molar-refractivity contribution is 5.99. The van der Waals surface area contributed by atoms with E-state index in [0.29, 0.717) is 45.5 Å². The van der Waals surface area contributed by atoms with E-state index in [1.165, 1.54) is 7.11 Å². The summed E-state index contributed by atoms with van der Waals surface area (Å²) in [5.41, 5.74) is 1.24. The van der Waals surface area contributed by atoms with Crippen LogP contribution >= 0.6 is 0 Å². The number of pyridine rings is 1. The summed E-state index contributed by atoms with van der Waals surface area (Å²) in [6.45, 7) is 0. The molecule has 3 aromatic carbocycles. The highest BCUT2D eigenvalue weighted by Crippen LogP contribution is 2.33. The zero-order valence-electron chi connectivity index (χ0n) is 17.2. The summed E-state index contributed by atoms with van der Waals surface area (Å²) in [6, 6.07) is 15.7. The lowest BCUT2D eigenvalue weighted by Gasteiger charge is -2.12. The third-order valence-electron chi connectivity index (χ3n) is 4.66. The van der Waals surface area contributed by atoms with Crippen LogP contribution in [-0.2, 0) is 0 Å². The van der Waals surface area contributed by atoms with Crippen LogP contribution in [0.2, 0.25) is 0 Å². The van der Waals surface area contributed by atoms with Gasteiger partial charge in [0.15, 0.2) is 0 Å². The van der Waals surface area contributed by atoms with Crippen molar-refractivity contribution in [2.24, 2.45) is 0 Å². The SMILES string of the molecule is COc1cc2nccc(Oc3ccc(NC(=O)Nc4ccc(F)cc4F)cc3)c2cc1C#N. The van der Waals surface area contributed by atoms with Gasteiger partial charge in [0, 0.05) is 29.4 Å². The molecule has 0 saturated carbocycles. The van der Waals surface area contributed by atoms with E-state index in [1.807, 2.05) is 0 Å². The molecule has 164 valence electrons. The summed E-state index contributed by atoms with van der Waals surface area (Å²) in [4.78, 5) is 16.4. The molecular weight excluding hydrogens is 430 g/mol. The summed E-state index contributed by atoms with van der Waals surface area (Å²) < 4.78 is 37.8. The first kappa shape index (κ1) is 21.5. The van der Waals surface area contributed by atoms with Crippen molar-refractivity contribution in [1.82, 2.24) is 4.98 Å². The fourth-order valence-electron chi connectivity index (χ4n) is 3.10. The topological polar surface area (TPSA) is 96.3 Å². The molecule has 4 rings (SSSR count). The monoisotopic (exact) mass is 446 g/mol. The number of rotatable bonds is 5. The number of aromatic nitrogens is 1. The predicted molar refractivity (Wildman–Crippen MR) is 119 cm³/mol. The highest BCUT2D eigenvalue weighted by atomic mass is 19.1. The fraction of sp³-hybridized carbons (Fsp3) is 0.0417. The zero-order chi connectivity index (χ0) is 23.4. The summed E-state index contributed by atoms with van der Waals surface area (Å²) in [5, 5.41) is 14.8. The quantitative estimate of drug-likeness (QED) is 0.402. The van der Waals surface area contributed by atoms with Crippen LogP contribution in [0.4, 0.5) is 25.0 Å². The number of methoxy groups -OCH3 is 1. The number of hydrogen-bond donors (Lipinski definition) is 2. The van der Waals surface area contributed by atoms with Crippen molar-refractivity contribution in [3.05, 3.63) is 84.1 Å². The Bertz CT molecular complexity index is 1390. The molecule has 33 heavy (non-hydrogen) atoms. The van der Waals surface area contributed by atoms with Gasteiger partial charge in [-0.05, 0) is 48.5 Å². The van der Waals surface area contributed by atoms with Gasteiger partial charge in [0.1, 0.15) is 35.0 Å². The standard InChI is InChI=1S/C24H16F2N4O3/c1-32-23-12-21-18(10-14(23)13-27)22(8-9-28-21)33-17-5-3-16(4-6-17)29-24(31)30-20-7-2-15(25)11-19(20)26/h2-12H,1H3,(H2,29,30,31). The number of fused-ring (bicyclic) bond motifs is 1. The van der Waals surface area contributed by atoms with Crippen molar-refractivity contribution >= 4 is 28.3 Å². The first-order valence-corrected chi connectivity index (χ1v) is 9.64. The number of nitrogens with one attached hydrogen (secondary N) is 2. The molecule has 2 amide bonds. The minimum atomic E-state index is -0.879. The van der Waals surface area contributed by atoms with Gasteiger partial charge in [0.05, 0.1) is 23.9 Å². The van der Waals surface area contributed by atoms with E-state index in [9.17, 15) is 18.8 Å². The van der Waals surface area contributed by atoms with Gasteiger partial charge in [-0.1, -0.05) is 0 Å². The minimum absolute atomic E-state index is 0.146. The number of amides is 2. The smallest absolute Gasteiger partial charge is 0.323 e. The molecule has 0 fully saturated rings. The molecule has 2 N–H and O–H groups in total. The number of hydrogen-bond acceptors (Lipinski definition) is 5. The Labute approximate surface area is 187 Å². The van der Waals surface area contributed by atoms with Crippen LogP contribution < -0.4 is 20.1 Å².